The molecule has 1 aromatic rings. The number of hydrogen-bond donors (Lipinski definition) is 2. The highest BCUT2D eigenvalue weighted by atomic mass is 35.5. The number of thiophene rings is 1. The van der Waals surface area contributed by atoms with Gasteiger partial charge in [0.15, 0.2) is 0 Å². The Balaban J connectivity index is 1.65. The lowest BCUT2D eigenvalue weighted by Gasteiger charge is -2.26. The highest BCUT2D eigenvalue weighted by Crippen LogP contribution is 2.36. The van der Waals surface area contributed by atoms with Gasteiger partial charge in [-0.2, -0.15) is 0 Å². The highest BCUT2D eigenvalue weighted by Gasteiger charge is 2.33. The number of hydrogen-bond acceptors (Lipinski definition) is 4. The van der Waals surface area contributed by atoms with Gasteiger partial charge in [0, 0.05) is 22.6 Å². The highest BCUT2D eigenvalue weighted by molar-refractivity contribution is 7.99. The van der Waals surface area contributed by atoms with Crippen LogP contribution in [0, 0.1) is 5.41 Å². The van der Waals surface area contributed by atoms with E-state index in [0.717, 1.165) is 35.8 Å². The van der Waals surface area contributed by atoms with Gasteiger partial charge >= 0.3 is 0 Å². The largest absolute Gasteiger partial charge is 0.396 e. The molecule has 3 nitrogen and oxygen atoms in total. The molecule has 1 amide bonds. The summed E-state index contributed by atoms with van der Waals surface area (Å²) in [6.07, 6.45) is 4.35. The minimum atomic E-state index is -0.0679. The molecule has 6 heteroatoms. The van der Waals surface area contributed by atoms with Gasteiger partial charge in [-0.05, 0) is 25.0 Å². The summed E-state index contributed by atoms with van der Waals surface area (Å²) in [5.41, 5.74) is -0.0679. The normalized spacial score (nSPS) is 17.3. The second-order valence-corrected chi connectivity index (χ2v) is 8.13. The molecule has 20 heavy (non-hydrogen) atoms. The second-order valence-electron chi connectivity index (χ2n) is 5.34. The van der Waals surface area contributed by atoms with Crippen LogP contribution < -0.4 is 5.32 Å². The molecule has 1 saturated carbocycles. The van der Waals surface area contributed by atoms with Gasteiger partial charge in [0.25, 0.3) is 0 Å². The topological polar surface area (TPSA) is 49.3 Å². The fraction of sp³-hybridized carbons (Fsp3) is 0.643. The number of amides is 1. The predicted octanol–water partition coefficient (Wildman–Crippen LogP) is 3.30. The van der Waals surface area contributed by atoms with Crippen LogP contribution in [0.5, 0.6) is 0 Å². The third-order valence-electron chi connectivity index (χ3n) is 3.77. The van der Waals surface area contributed by atoms with Gasteiger partial charge < -0.3 is 10.4 Å². The van der Waals surface area contributed by atoms with E-state index in [0.29, 0.717) is 12.3 Å². The van der Waals surface area contributed by atoms with Crippen molar-refractivity contribution in [2.75, 3.05) is 18.9 Å². The Morgan fingerprint density at radius 3 is 2.80 bits per heavy atom. The Morgan fingerprint density at radius 2 is 2.20 bits per heavy atom. The number of thioether (sulfide) groups is 1. The van der Waals surface area contributed by atoms with Crippen LogP contribution in [0.3, 0.4) is 0 Å². The van der Waals surface area contributed by atoms with E-state index in [2.05, 4.69) is 5.32 Å². The van der Waals surface area contributed by atoms with Crippen LogP contribution in [0.4, 0.5) is 0 Å². The van der Waals surface area contributed by atoms with Crippen LogP contribution in [0.1, 0.15) is 30.6 Å². The minimum Gasteiger partial charge on any atom is -0.396 e. The third-order valence-corrected chi connectivity index (χ3v) is 6.16. The van der Waals surface area contributed by atoms with Crippen LogP contribution >= 0.6 is 34.7 Å². The molecule has 0 atom stereocenters. The Labute approximate surface area is 133 Å². The number of carbonyl (C=O) groups excluding carboxylic acids is 1. The zero-order valence-electron chi connectivity index (χ0n) is 11.4. The average molecular weight is 334 g/mol. The van der Waals surface area contributed by atoms with Crippen molar-refractivity contribution in [3.05, 3.63) is 21.3 Å². The fourth-order valence-corrected chi connectivity index (χ4v) is 4.58. The SMILES string of the molecule is O=C(CSCc1ccc(Cl)s1)NCC1(CO)CCCC1. The van der Waals surface area contributed by atoms with Crippen molar-refractivity contribution < 1.29 is 9.90 Å². The number of nitrogens with one attached hydrogen (secondary N) is 1. The van der Waals surface area contributed by atoms with Crippen molar-refractivity contribution in [3.8, 4) is 0 Å². The molecule has 0 aromatic carbocycles. The quantitative estimate of drug-likeness (QED) is 0.805. The van der Waals surface area contributed by atoms with E-state index < -0.39 is 0 Å². The molecule has 0 unspecified atom stereocenters. The van der Waals surface area contributed by atoms with E-state index in [1.165, 1.54) is 4.88 Å². The van der Waals surface area contributed by atoms with Gasteiger partial charge in [-0.15, -0.1) is 23.1 Å². The van der Waals surface area contributed by atoms with Crippen LogP contribution in [0.15, 0.2) is 12.1 Å². The molecular weight excluding hydrogens is 314 g/mol. The summed E-state index contributed by atoms with van der Waals surface area (Å²) < 4.78 is 0.788. The van der Waals surface area contributed by atoms with Gasteiger partial charge in [-0.1, -0.05) is 24.4 Å². The maximum absolute atomic E-state index is 11.8. The van der Waals surface area contributed by atoms with Gasteiger partial charge in [-0.25, -0.2) is 0 Å². The zero-order chi connectivity index (χ0) is 14.4. The Morgan fingerprint density at radius 1 is 1.45 bits per heavy atom. The van der Waals surface area contributed by atoms with E-state index >= 15 is 0 Å². The molecule has 0 radical (unpaired) electrons. The van der Waals surface area contributed by atoms with E-state index in [4.69, 9.17) is 11.6 Å². The summed E-state index contributed by atoms with van der Waals surface area (Å²) in [6.45, 7) is 0.780. The number of halogens is 1. The van der Waals surface area contributed by atoms with E-state index in [1.807, 2.05) is 12.1 Å². The molecular formula is C14H20ClNO2S2. The summed E-state index contributed by atoms with van der Waals surface area (Å²) in [5, 5.41) is 12.5. The second kappa shape index (κ2) is 7.69. The first-order chi connectivity index (χ1) is 9.63. The molecule has 1 aliphatic carbocycles. The van der Waals surface area contributed by atoms with Crippen LogP contribution in [0.2, 0.25) is 4.34 Å². The Bertz CT molecular complexity index is 444. The van der Waals surface area contributed by atoms with Gasteiger partial charge in [0.2, 0.25) is 5.91 Å². The molecule has 0 bridgehead atoms. The maximum Gasteiger partial charge on any atom is 0.230 e. The molecule has 1 fully saturated rings. The smallest absolute Gasteiger partial charge is 0.230 e. The molecule has 2 N–H and O–H groups in total. The molecule has 112 valence electrons. The lowest BCUT2D eigenvalue weighted by atomic mass is 9.87. The maximum atomic E-state index is 11.8. The number of aliphatic hydroxyl groups excluding tert-OH is 1. The van der Waals surface area contributed by atoms with E-state index in [1.54, 1.807) is 23.1 Å². The lowest BCUT2D eigenvalue weighted by Crippen LogP contribution is -2.39. The van der Waals surface area contributed by atoms with Crippen LogP contribution in [0.25, 0.3) is 0 Å². The summed E-state index contributed by atoms with van der Waals surface area (Å²) in [7, 11) is 0. The predicted molar refractivity (Wildman–Crippen MR) is 86.5 cm³/mol. The standard InChI is InChI=1S/C14H20ClNO2S2/c15-12-4-3-11(20-12)7-19-8-13(18)16-9-14(10-17)5-1-2-6-14/h3-4,17H,1-2,5-10H2,(H,16,18). The van der Waals surface area contributed by atoms with Crippen molar-refractivity contribution in [1.29, 1.82) is 0 Å². The number of aliphatic hydroxyl groups is 1. The average Bonchev–Trinajstić information content (AvgIpc) is 3.06. The first-order valence-electron chi connectivity index (χ1n) is 6.83. The molecule has 2 rings (SSSR count). The molecule has 1 aromatic heterocycles. The van der Waals surface area contributed by atoms with Crippen LogP contribution in [-0.2, 0) is 10.5 Å². The van der Waals surface area contributed by atoms with Crippen molar-refractivity contribution in [3.63, 3.8) is 0 Å². The molecule has 0 saturated heterocycles. The molecule has 1 heterocycles. The first kappa shape index (κ1) is 16.1. The third kappa shape index (κ3) is 4.65. The summed E-state index contributed by atoms with van der Waals surface area (Å²) in [4.78, 5) is 13.0. The van der Waals surface area contributed by atoms with Gasteiger partial charge in [-0.3, -0.25) is 4.79 Å². The lowest BCUT2D eigenvalue weighted by molar-refractivity contribution is -0.119. The van der Waals surface area contributed by atoms with Crippen molar-refractivity contribution >= 4 is 40.6 Å². The Hall–Kier alpha value is -0.230. The van der Waals surface area contributed by atoms with Crippen molar-refractivity contribution in [2.24, 2.45) is 5.41 Å². The molecule has 0 spiro atoms. The number of carbonyl (C=O) groups is 1. The summed E-state index contributed by atoms with van der Waals surface area (Å²) >= 11 is 9.01. The number of rotatable bonds is 7. The first-order valence-corrected chi connectivity index (χ1v) is 9.18. The summed E-state index contributed by atoms with van der Waals surface area (Å²) in [5.74, 6) is 1.32. The monoisotopic (exact) mass is 333 g/mol. The van der Waals surface area contributed by atoms with E-state index in [-0.39, 0.29) is 17.9 Å². The summed E-state index contributed by atoms with van der Waals surface area (Å²) in [6, 6.07) is 3.88. The van der Waals surface area contributed by atoms with Crippen molar-refractivity contribution in [2.45, 2.75) is 31.4 Å². The zero-order valence-corrected chi connectivity index (χ0v) is 13.8. The van der Waals surface area contributed by atoms with Gasteiger partial charge in [0.05, 0.1) is 16.7 Å². The fourth-order valence-electron chi connectivity index (χ4n) is 2.53. The molecule has 1 aliphatic rings. The van der Waals surface area contributed by atoms with Crippen molar-refractivity contribution in [1.82, 2.24) is 5.32 Å². The Kier molecular flexibility index (Phi) is 6.20. The van der Waals surface area contributed by atoms with E-state index in [9.17, 15) is 9.90 Å². The van der Waals surface area contributed by atoms with Crippen LogP contribution in [-0.4, -0.2) is 29.9 Å². The van der Waals surface area contributed by atoms with Gasteiger partial charge in [0.1, 0.15) is 0 Å². The molecule has 0 aliphatic heterocycles. The minimum absolute atomic E-state index is 0.0531.